The fourth-order valence-electron chi connectivity index (χ4n) is 4.25. The molecule has 0 amide bonds. The highest BCUT2D eigenvalue weighted by Crippen LogP contribution is 2.36. The van der Waals surface area contributed by atoms with Crippen LogP contribution in [0.2, 0.25) is 5.02 Å². The molecule has 3 heterocycles. The normalized spacial score (nSPS) is 14.1. The number of halogens is 4. The number of aromatic nitrogens is 3. The molecule has 0 aliphatic carbocycles. The number of nitrogens with one attached hydrogen (secondary N) is 1. The Kier molecular flexibility index (Phi) is 6.17. The number of nitrogens with zero attached hydrogens (tertiary/aromatic N) is 3. The Hall–Kier alpha value is -3.49. The monoisotopic (exact) mass is 496 g/mol. The van der Waals surface area contributed by atoms with Gasteiger partial charge in [0, 0.05) is 48.4 Å². The Morgan fingerprint density at radius 1 is 1.03 bits per heavy atom. The number of rotatable bonds is 4. The molecule has 0 atom stereocenters. The van der Waals surface area contributed by atoms with Crippen LogP contribution in [0.3, 0.4) is 0 Å². The topological polar surface area (TPSA) is 61.9 Å². The van der Waals surface area contributed by atoms with Gasteiger partial charge in [-0.15, -0.1) is 0 Å². The molecule has 9 heteroatoms. The molecule has 0 saturated heterocycles. The summed E-state index contributed by atoms with van der Waals surface area (Å²) in [5, 5.41) is 0.608. The van der Waals surface area contributed by atoms with Gasteiger partial charge in [0.25, 0.3) is 5.56 Å². The molecule has 5 nitrogen and oxygen atoms in total. The Balaban J connectivity index is 1.32. The van der Waals surface area contributed by atoms with Gasteiger partial charge in [0.05, 0.1) is 22.5 Å². The highest BCUT2D eigenvalue weighted by molar-refractivity contribution is 6.30. The van der Waals surface area contributed by atoms with Crippen LogP contribution in [0.1, 0.15) is 22.4 Å². The first-order valence-electron chi connectivity index (χ1n) is 11.0. The molecule has 1 N–H and O–H groups in total. The first kappa shape index (κ1) is 23.3. The smallest absolute Gasteiger partial charge is 0.306 e. The number of alkyl halides is 3. The first-order chi connectivity index (χ1) is 16.8. The molecule has 178 valence electrons. The molecule has 0 unspecified atom stereocenters. The minimum absolute atomic E-state index is 0.0487. The number of hydrogen-bond donors (Lipinski definition) is 1. The van der Waals surface area contributed by atoms with Gasteiger partial charge in [-0.05, 0) is 42.0 Å². The lowest BCUT2D eigenvalue weighted by Gasteiger charge is -2.27. The zero-order valence-electron chi connectivity index (χ0n) is 18.4. The molecule has 1 aliphatic rings. The van der Waals surface area contributed by atoms with Gasteiger partial charge in [-0.25, -0.2) is 4.98 Å². The van der Waals surface area contributed by atoms with Gasteiger partial charge < -0.3 is 4.98 Å². The Morgan fingerprint density at radius 2 is 1.80 bits per heavy atom. The van der Waals surface area contributed by atoms with E-state index in [0.29, 0.717) is 42.5 Å². The maximum Gasteiger partial charge on any atom is 0.417 e. The van der Waals surface area contributed by atoms with E-state index in [-0.39, 0.29) is 16.8 Å². The summed E-state index contributed by atoms with van der Waals surface area (Å²) in [6, 6.07) is 15.9. The van der Waals surface area contributed by atoms with Gasteiger partial charge in [-0.3, -0.25) is 14.7 Å². The minimum atomic E-state index is -4.45. The van der Waals surface area contributed by atoms with Gasteiger partial charge in [-0.1, -0.05) is 35.9 Å². The van der Waals surface area contributed by atoms with Gasteiger partial charge in [0.2, 0.25) is 0 Å². The van der Waals surface area contributed by atoms with Crippen LogP contribution < -0.4 is 5.56 Å². The number of pyridine rings is 1. The predicted molar refractivity (Wildman–Crippen MR) is 128 cm³/mol. The lowest BCUT2D eigenvalue weighted by atomic mass is 10.0. The molecule has 4 aromatic rings. The summed E-state index contributed by atoms with van der Waals surface area (Å²) >= 11 is 5.95. The fourth-order valence-corrected chi connectivity index (χ4v) is 4.38. The molecule has 0 spiro atoms. The quantitative estimate of drug-likeness (QED) is 0.392. The summed E-state index contributed by atoms with van der Waals surface area (Å²) in [7, 11) is 0. The van der Waals surface area contributed by atoms with Gasteiger partial charge in [-0.2, -0.15) is 13.2 Å². The van der Waals surface area contributed by atoms with Crippen LogP contribution in [0.25, 0.3) is 22.6 Å². The van der Waals surface area contributed by atoms with Crippen LogP contribution in [0.4, 0.5) is 13.2 Å². The van der Waals surface area contributed by atoms with Crippen molar-refractivity contribution in [1.82, 2.24) is 19.9 Å². The summed E-state index contributed by atoms with van der Waals surface area (Å²) in [4.78, 5) is 26.7. The van der Waals surface area contributed by atoms with Crippen molar-refractivity contribution in [3.05, 3.63) is 105 Å². The summed E-state index contributed by atoms with van der Waals surface area (Å²) in [6.07, 6.45) is -2.25. The van der Waals surface area contributed by atoms with E-state index in [9.17, 15) is 18.0 Å². The van der Waals surface area contributed by atoms with E-state index in [1.807, 2.05) is 12.1 Å². The average Bonchev–Trinajstić information content (AvgIpc) is 2.85. The summed E-state index contributed by atoms with van der Waals surface area (Å²) in [5.41, 5.74) is 2.46. The fraction of sp³-hybridized carbons (Fsp3) is 0.192. The zero-order valence-corrected chi connectivity index (χ0v) is 19.2. The van der Waals surface area contributed by atoms with Crippen LogP contribution in [0, 0.1) is 0 Å². The minimum Gasteiger partial charge on any atom is -0.306 e. The van der Waals surface area contributed by atoms with Crippen molar-refractivity contribution in [2.75, 3.05) is 6.54 Å². The summed E-state index contributed by atoms with van der Waals surface area (Å²) < 4.78 is 40.0. The van der Waals surface area contributed by atoms with E-state index >= 15 is 0 Å². The second-order valence-electron chi connectivity index (χ2n) is 8.40. The average molecular weight is 497 g/mol. The van der Waals surface area contributed by atoms with Crippen LogP contribution in [0.5, 0.6) is 0 Å². The second kappa shape index (κ2) is 9.28. The molecule has 2 aromatic carbocycles. The number of fused-ring (bicyclic) bond motifs is 1. The third-order valence-electron chi connectivity index (χ3n) is 6.00. The van der Waals surface area contributed by atoms with E-state index in [2.05, 4.69) is 19.9 Å². The van der Waals surface area contributed by atoms with E-state index in [1.54, 1.807) is 36.5 Å². The van der Waals surface area contributed by atoms with Crippen LogP contribution >= 0.6 is 11.6 Å². The number of benzene rings is 2. The van der Waals surface area contributed by atoms with Gasteiger partial charge >= 0.3 is 6.18 Å². The van der Waals surface area contributed by atoms with E-state index in [4.69, 9.17) is 11.6 Å². The molecule has 0 fully saturated rings. The number of aromatic amines is 1. The van der Waals surface area contributed by atoms with Crippen molar-refractivity contribution in [2.45, 2.75) is 25.7 Å². The summed E-state index contributed by atoms with van der Waals surface area (Å²) in [6.45, 7) is 1.64. The Labute approximate surface area is 204 Å². The maximum absolute atomic E-state index is 13.3. The largest absolute Gasteiger partial charge is 0.417 e. The van der Waals surface area contributed by atoms with Crippen molar-refractivity contribution >= 4 is 11.6 Å². The molecule has 0 bridgehead atoms. The third-order valence-corrected chi connectivity index (χ3v) is 6.26. The van der Waals surface area contributed by atoms with Crippen molar-refractivity contribution in [1.29, 1.82) is 0 Å². The maximum atomic E-state index is 13.3. The van der Waals surface area contributed by atoms with Crippen molar-refractivity contribution in [3.63, 3.8) is 0 Å². The molecule has 5 rings (SSSR count). The van der Waals surface area contributed by atoms with Crippen molar-refractivity contribution in [2.24, 2.45) is 0 Å². The van der Waals surface area contributed by atoms with Crippen molar-refractivity contribution < 1.29 is 13.2 Å². The summed E-state index contributed by atoms with van der Waals surface area (Å²) in [5.74, 6) is 0.512. The van der Waals surface area contributed by atoms with E-state index in [0.717, 1.165) is 22.9 Å². The van der Waals surface area contributed by atoms with Gasteiger partial charge in [0.15, 0.2) is 0 Å². The van der Waals surface area contributed by atoms with E-state index in [1.165, 1.54) is 12.1 Å². The third kappa shape index (κ3) is 4.99. The lowest BCUT2D eigenvalue weighted by molar-refractivity contribution is -0.137. The molecule has 35 heavy (non-hydrogen) atoms. The molecule has 0 saturated carbocycles. The second-order valence-corrected chi connectivity index (χ2v) is 8.84. The molecular formula is C26H20ClF3N4O. The highest BCUT2D eigenvalue weighted by Gasteiger charge is 2.33. The molecule has 2 aromatic heterocycles. The van der Waals surface area contributed by atoms with Gasteiger partial charge in [0.1, 0.15) is 5.82 Å². The molecule has 0 radical (unpaired) electrons. The van der Waals surface area contributed by atoms with Crippen LogP contribution in [0.15, 0.2) is 71.7 Å². The molecular weight excluding hydrogens is 477 g/mol. The predicted octanol–water partition coefficient (Wildman–Crippen LogP) is 5.73. The first-order valence-corrected chi connectivity index (χ1v) is 11.4. The van der Waals surface area contributed by atoms with Crippen molar-refractivity contribution in [3.8, 4) is 22.6 Å². The van der Waals surface area contributed by atoms with Crippen LogP contribution in [-0.4, -0.2) is 26.4 Å². The lowest BCUT2D eigenvalue weighted by Crippen LogP contribution is -2.35. The Bertz CT molecular complexity index is 1420. The highest BCUT2D eigenvalue weighted by atomic mass is 35.5. The van der Waals surface area contributed by atoms with E-state index < -0.39 is 11.7 Å². The molecule has 1 aliphatic heterocycles. The standard InChI is InChI=1S/C26H20ClF3N4O/c27-18-8-6-17(7-9-18)24-32-23-11-12-34(15-20(23)25(35)33-24)14-16-5-10-22(31-13-16)19-3-1-2-4-21(19)26(28,29)30/h1-10,13H,11-12,14-15H2,(H,32,33,35). The SMILES string of the molecule is O=c1[nH]c(-c2ccc(Cl)cc2)nc2c1CN(Cc1ccc(-c3ccccc3C(F)(F)F)nc1)CC2. The zero-order chi connectivity index (χ0) is 24.6. The number of hydrogen-bond acceptors (Lipinski definition) is 4. The Morgan fingerprint density at radius 3 is 2.51 bits per heavy atom. The van der Waals surface area contributed by atoms with Crippen LogP contribution in [-0.2, 0) is 25.7 Å². The number of H-pyrrole nitrogens is 1.